The van der Waals surface area contributed by atoms with E-state index in [1.165, 1.54) is 12.2 Å². The van der Waals surface area contributed by atoms with Gasteiger partial charge in [-0.05, 0) is 26.0 Å². The average Bonchev–Trinajstić information content (AvgIpc) is 2.15. The van der Waals surface area contributed by atoms with E-state index in [0.29, 0.717) is 5.70 Å². The van der Waals surface area contributed by atoms with Crippen LogP contribution in [0.4, 0.5) is 13.2 Å². The lowest BCUT2D eigenvalue weighted by atomic mass is 10.2. The van der Waals surface area contributed by atoms with Crippen LogP contribution in [-0.4, -0.2) is 18.3 Å². The standard InChI is InChI=1S/C10H11F3N2O/c1-6-3-9(4-8(5-14)15-6)16-7(2)10(11,12)13/h3-4,7-8,15H,1-2H3. The van der Waals surface area contributed by atoms with E-state index in [4.69, 9.17) is 10.00 Å². The molecule has 0 aliphatic carbocycles. The second-order valence-electron chi connectivity index (χ2n) is 3.45. The summed E-state index contributed by atoms with van der Waals surface area (Å²) >= 11 is 0. The van der Waals surface area contributed by atoms with Gasteiger partial charge in [0.2, 0.25) is 0 Å². The number of hydrogen-bond acceptors (Lipinski definition) is 3. The molecule has 0 amide bonds. The van der Waals surface area contributed by atoms with Crippen LogP contribution in [0.5, 0.6) is 0 Å². The molecule has 16 heavy (non-hydrogen) atoms. The van der Waals surface area contributed by atoms with Crippen molar-refractivity contribution < 1.29 is 17.9 Å². The summed E-state index contributed by atoms with van der Waals surface area (Å²) in [6.07, 6.45) is -3.55. The van der Waals surface area contributed by atoms with Gasteiger partial charge < -0.3 is 10.1 Å². The normalized spacial score (nSPS) is 22.4. The molecule has 1 heterocycles. The fourth-order valence-corrected chi connectivity index (χ4v) is 1.17. The molecule has 0 aromatic rings. The van der Waals surface area contributed by atoms with Crippen LogP contribution in [0.1, 0.15) is 13.8 Å². The SMILES string of the molecule is CC1=CC(OC(C)C(F)(F)F)=CC(C#N)N1. The summed E-state index contributed by atoms with van der Waals surface area (Å²) in [7, 11) is 0. The summed E-state index contributed by atoms with van der Waals surface area (Å²) in [6.45, 7) is 2.58. The van der Waals surface area contributed by atoms with Gasteiger partial charge in [-0.3, -0.25) is 0 Å². The van der Waals surface area contributed by atoms with Gasteiger partial charge in [0, 0.05) is 5.70 Å². The van der Waals surface area contributed by atoms with Gasteiger partial charge in [0.25, 0.3) is 0 Å². The molecule has 6 heteroatoms. The number of allylic oxidation sites excluding steroid dienone is 2. The van der Waals surface area contributed by atoms with Crippen molar-refractivity contribution >= 4 is 0 Å². The highest BCUT2D eigenvalue weighted by Crippen LogP contribution is 2.25. The lowest BCUT2D eigenvalue weighted by Crippen LogP contribution is -2.31. The zero-order valence-electron chi connectivity index (χ0n) is 8.80. The predicted molar refractivity (Wildman–Crippen MR) is 51.0 cm³/mol. The van der Waals surface area contributed by atoms with Gasteiger partial charge in [0.1, 0.15) is 11.8 Å². The van der Waals surface area contributed by atoms with E-state index in [9.17, 15) is 13.2 Å². The van der Waals surface area contributed by atoms with Crippen molar-refractivity contribution in [3.63, 3.8) is 0 Å². The maximum absolute atomic E-state index is 12.2. The van der Waals surface area contributed by atoms with E-state index >= 15 is 0 Å². The molecular weight excluding hydrogens is 221 g/mol. The fourth-order valence-electron chi connectivity index (χ4n) is 1.17. The highest BCUT2D eigenvalue weighted by molar-refractivity contribution is 5.28. The van der Waals surface area contributed by atoms with Crippen molar-refractivity contribution in [2.75, 3.05) is 0 Å². The number of nitriles is 1. The molecule has 3 nitrogen and oxygen atoms in total. The first kappa shape index (κ1) is 12.4. The molecule has 1 rings (SSSR count). The zero-order chi connectivity index (χ0) is 12.3. The molecule has 1 N–H and O–H groups in total. The van der Waals surface area contributed by atoms with Gasteiger partial charge in [-0.2, -0.15) is 18.4 Å². The average molecular weight is 232 g/mol. The van der Waals surface area contributed by atoms with Crippen LogP contribution >= 0.6 is 0 Å². The van der Waals surface area contributed by atoms with E-state index in [1.807, 2.05) is 6.07 Å². The Hall–Kier alpha value is -1.64. The zero-order valence-corrected chi connectivity index (χ0v) is 8.80. The third-order valence-corrected chi connectivity index (χ3v) is 1.99. The Morgan fingerprint density at radius 1 is 1.56 bits per heavy atom. The van der Waals surface area contributed by atoms with Crippen molar-refractivity contribution in [3.05, 3.63) is 23.6 Å². The highest BCUT2D eigenvalue weighted by atomic mass is 19.4. The van der Waals surface area contributed by atoms with Gasteiger partial charge in [0.15, 0.2) is 6.10 Å². The number of ether oxygens (including phenoxy) is 1. The Kier molecular flexibility index (Phi) is 3.48. The van der Waals surface area contributed by atoms with Gasteiger partial charge >= 0.3 is 6.18 Å². The van der Waals surface area contributed by atoms with E-state index in [-0.39, 0.29) is 5.76 Å². The van der Waals surface area contributed by atoms with Crippen LogP contribution in [0.2, 0.25) is 0 Å². The lowest BCUT2D eigenvalue weighted by Gasteiger charge is -2.22. The quantitative estimate of drug-likeness (QED) is 0.794. The second kappa shape index (κ2) is 4.47. The summed E-state index contributed by atoms with van der Waals surface area (Å²) in [5.74, 6) is 0.0626. The Morgan fingerprint density at radius 3 is 2.69 bits per heavy atom. The van der Waals surface area contributed by atoms with E-state index in [1.54, 1.807) is 6.92 Å². The minimum absolute atomic E-state index is 0.0626. The van der Waals surface area contributed by atoms with Crippen LogP contribution in [0.15, 0.2) is 23.6 Å². The van der Waals surface area contributed by atoms with Crippen molar-refractivity contribution in [1.29, 1.82) is 5.26 Å². The summed E-state index contributed by atoms with van der Waals surface area (Å²) in [5.41, 5.74) is 0.596. The molecule has 0 aromatic carbocycles. The van der Waals surface area contributed by atoms with Crippen LogP contribution in [-0.2, 0) is 4.74 Å². The highest BCUT2D eigenvalue weighted by Gasteiger charge is 2.38. The monoisotopic (exact) mass is 232 g/mol. The number of dihydropyridines is 1. The first-order valence-electron chi connectivity index (χ1n) is 4.62. The molecule has 2 atom stereocenters. The van der Waals surface area contributed by atoms with Crippen LogP contribution < -0.4 is 5.32 Å². The Balaban J connectivity index is 2.74. The first-order valence-corrected chi connectivity index (χ1v) is 4.62. The maximum Gasteiger partial charge on any atom is 0.425 e. The summed E-state index contributed by atoms with van der Waals surface area (Å²) < 4.78 is 41.4. The molecule has 0 spiro atoms. The molecule has 0 saturated heterocycles. The number of halogens is 3. The van der Waals surface area contributed by atoms with Gasteiger partial charge in [-0.15, -0.1) is 0 Å². The van der Waals surface area contributed by atoms with Gasteiger partial charge in [-0.1, -0.05) is 0 Å². The van der Waals surface area contributed by atoms with Crippen LogP contribution in [0.3, 0.4) is 0 Å². The number of nitrogens with one attached hydrogen (secondary N) is 1. The summed E-state index contributed by atoms with van der Waals surface area (Å²) in [6, 6.07) is 1.23. The fraction of sp³-hybridized carbons (Fsp3) is 0.500. The molecule has 1 aliphatic rings. The second-order valence-corrected chi connectivity index (χ2v) is 3.45. The number of alkyl halides is 3. The summed E-state index contributed by atoms with van der Waals surface area (Å²) in [4.78, 5) is 0. The Labute approximate surface area is 91.2 Å². The summed E-state index contributed by atoms with van der Waals surface area (Å²) in [5, 5.41) is 11.4. The predicted octanol–water partition coefficient (Wildman–Crippen LogP) is 2.24. The minimum Gasteiger partial charge on any atom is -0.481 e. The molecule has 2 unspecified atom stereocenters. The molecule has 0 fully saturated rings. The van der Waals surface area contributed by atoms with Crippen LogP contribution in [0.25, 0.3) is 0 Å². The molecule has 0 radical (unpaired) electrons. The lowest BCUT2D eigenvalue weighted by molar-refractivity contribution is -0.202. The third kappa shape index (κ3) is 3.19. The molecular formula is C10H11F3N2O. The number of nitrogens with zero attached hydrogens (tertiary/aromatic N) is 1. The maximum atomic E-state index is 12.2. The van der Waals surface area contributed by atoms with Crippen molar-refractivity contribution in [1.82, 2.24) is 5.32 Å². The van der Waals surface area contributed by atoms with Crippen molar-refractivity contribution in [2.24, 2.45) is 0 Å². The Morgan fingerprint density at radius 2 is 2.19 bits per heavy atom. The van der Waals surface area contributed by atoms with Crippen LogP contribution in [0, 0.1) is 11.3 Å². The molecule has 0 aromatic heterocycles. The van der Waals surface area contributed by atoms with E-state index in [2.05, 4.69) is 5.32 Å². The number of hydrogen-bond donors (Lipinski definition) is 1. The van der Waals surface area contributed by atoms with Crippen molar-refractivity contribution in [2.45, 2.75) is 32.2 Å². The molecule has 0 saturated carbocycles. The van der Waals surface area contributed by atoms with Gasteiger partial charge in [0.05, 0.1) is 6.07 Å². The largest absolute Gasteiger partial charge is 0.481 e. The minimum atomic E-state index is -4.41. The van der Waals surface area contributed by atoms with Crippen molar-refractivity contribution in [3.8, 4) is 6.07 Å². The van der Waals surface area contributed by atoms with E-state index in [0.717, 1.165) is 6.92 Å². The molecule has 0 bridgehead atoms. The van der Waals surface area contributed by atoms with Gasteiger partial charge in [-0.25, -0.2) is 0 Å². The number of rotatable bonds is 2. The third-order valence-electron chi connectivity index (χ3n) is 1.99. The first-order chi connectivity index (χ1) is 7.32. The molecule has 88 valence electrons. The smallest absolute Gasteiger partial charge is 0.425 e. The van der Waals surface area contributed by atoms with E-state index < -0.39 is 18.3 Å². The molecule has 1 aliphatic heterocycles. The Bertz CT molecular complexity index is 365. The topological polar surface area (TPSA) is 45.0 Å².